The number of thioether (sulfide) groups is 1. The third kappa shape index (κ3) is 3.41. The van der Waals surface area contributed by atoms with Crippen molar-refractivity contribution in [2.45, 2.75) is 11.4 Å². The molecule has 2 amide bonds. The molecular weight excluding hydrogens is 394 g/mol. The van der Waals surface area contributed by atoms with Crippen LogP contribution in [-0.4, -0.2) is 76.5 Å². The van der Waals surface area contributed by atoms with Crippen LogP contribution in [0.5, 0.6) is 0 Å². The number of hydrogen-bond acceptors (Lipinski definition) is 10. The van der Waals surface area contributed by atoms with Gasteiger partial charge in [0.1, 0.15) is 36.2 Å². The Morgan fingerprint density at radius 3 is 2.86 bits per heavy atom. The van der Waals surface area contributed by atoms with Crippen LogP contribution < -0.4 is 11.1 Å². The van der Waals surface area contributed by atoms with Crippen molar-refractivity contribution in [2.24, 2.45) is 5.16 Å². The SMILES string of the molecule is COCC1=C(C(=O)O)N2C(=O)[C@@H](NC(=O)/C(=N\OC)c3coc(N)n3)[C@H]2SC1. The highest BCUT2D eigenvalue weighted by atomic mass is 32.2. The van der Waals surface area contributed by atoms with Gasteiger partial charge < -0.3 is 30.1 Å². The molecule has 3 rings (SSSR count). The fourth-order valence-electron chi connectivity index (χ4n) is 2.87. The van der Waals surface area contributed by atoms with E-state index in [9.17, 15) is 19.5 Å². The van der Waals surface area contributed by atoms with E-state index in [0.29, 0.717) is 11.3 Å². The number of fused-ring (bicyclic) bond motifs is 1. The highest BCUT2D eigenvalue weighted by molar-refractivity contribution is 8.00. The number of β-lactam (4-membered cyclic amide) rings is 1. The van der Waals surface area contributed by atoms with Gasteiger partial charge in [0.25, 0.3) is 17.8 Å². The zero-order valence-corrected chi connectivity index (χ0v) is 15.7. The van der Waals surface area contributed by atoms with Crippen LogP contribution in [0.2, 0.25) is 0 Å². The Kier molecular flexibility index (Phi) is 5.56. The number of rotatable bonds is 7. The minimum Gasteiger partial charge on any atom is -0.477 e. The van der Waals surface area contributed by atoms with Gasteiger partial charge in [-0.15, -0.1) is 11.8 Å². The van der Waals surface area contributed by atoms with Gasteiger partial charge >= 0.3 is 5.97 Å². The highest BCUT2D eigenvalue weighted by Crippen LogP contribution is 2.40. The summed E-state index contributed by atoms with van der Waals surface area (Å²) >= 11 is 1.32. The van der Waals surface area contributed by atoms with Crippen molar-refractivity contribution >= 4 is 41.3 Å². The predicted molar refractivity (Wildman–Crippen MR) is 96.0 cm³/mol. The summed E-state index contributed by atoms with van der Waals surface area (Å²) in [6.07, 6.45) is 1.12. The molecule has 2 aliphatic heterocycles. The van der Waals surface area contributed by atoms with E-state index in [1.807, 2.05) is 0 Å². The lowest BCUT2D eigenvalue weighted by Gasteiger charge is -2.49. The molecule has 1 saturated heterocycles. The number of aliphatic carboxylic acids is 1. The average molecular weight is 411 g/mol. The quantitative estimate of drug-likeness (QED) is 0.287. The summed E-state index contributed by atoms with van der Waals surface area (Å²) in [5, 5.41) is 15.1. The number of anilines is 1. The van der Waals surface area contributed by atoms with Crippen molar-refractivity contribution in [2.75, 3.05) is 32.3 Å². The zero-order chi connectivity index (χ0) is 20.4. The average Bonchev–Trinajstić information content (AvgIpc) is 3.09. The summed E-state index contributed by atoms with van der Waals surface area (Å²) in [5.41, 5.74) is 5.58. The largest absolute Gasteiger partial charge is 0.477 e. The number of carboxylic acids is 1. The number of oxime groups is 1. The van der Waals surface area contributed by atoms with Gasteiger partial charge in [-0.1, -0.05) is 5.16 Å². The van der Waals surface area contributed by atoms with Crippen molar-refractivity contribution in [3.63, 3.8) is 0 Å². The zero-order valence-electron chi connectivity index (χ0n) is 14.9. The predicted octanol–water partition coefficient (Wildman–Crippen LogP) is -1.01. The maximum absolute atomic E-state index is 12.6. The van der Waals surface area contributed by atoms with E-state index in [1.54, 1.807) is 0 Å². The normalized spacial score (nSPS) is 21.9. The van der Waals surface area contributed by atoms with Gasteiger partial charge in [0, 0.05) is 12.9 Å². The molecule has 12 nitrogen and oxygen atoms in total. The number of nitrogen functional groups attached to an aromatic ring is 1. The number of oxazole rings is 1. The molecule has 1 aromatic rings. The molecule has 150 valence electrons. The van der Waals surface area contributed by atoms with Crippen LogP contribution in [0.1, 0.15) is 5.69 Å². The summed E-state index contributed by atoms with van der Waals surface area (Å²) in [4.78, 5) is 46.3. The molecule has 0 spiro atoms. The first-order valence-electron chi connectivity index (χ1n) is 7.91. The maximum Gasteiger partial charge on any atom is 0.352 e. The molecule has 0 saturated carbocycles. The van der Waals surface area contributed by atoms with Crippen molar-refractivity contribution < 1.29 is 33.5 Å². The van der Waals surface area contributed by atoms with E-state index in [4.69, 9.17) is 14.9 Å². The number of nitrogens with one attached hydrogen (secondary N) is 1. The van der Waals surface area contributed by atoms with Gasteiger partial charge in [0.15, 0.2) is 5.71 Å². The second-order valence-electron chi connectivity index (χ2n) is 5.74. The first-order valence-corrected chi connectivity index (χ1v) is 8.96. The highest BCUT2D eigenvalue weighted by Gasteiger charge is 2.54. The van der Waals surface area contributed by atoms with Crippen molar-refractivity contribution in [1.82, 2.24) is 15.2 Å². The number of aromatic nitrogens is 1. The van der Waals surface area contributed by atoms with Crippen LogP contribution in [-0.2, 0) is 24.0 Å². The lowest BCUT2D eigenvalue weighted by atomic mass is 10.0. The Balaban J connectivity index is 1.78. The lowest BCUT2D eigenvalue weighted by molar-refractivity contribution is -0.150. The van der Waals surface area contributed by atoms with E-state index in [1.165, 1.54) is 26.0 Å². The Morgan fingerprint density at radius 1 is 1.54 bits per heavy atom. The Hall–Kier alpha value is -3.06. The number of nitrogens with two attached hydrogens (primary N) is 1. The third-order valence-corrected chi connectivity index (χ3v) is 5.36. The molecule has 0 radical (unpaired) electrons. The fourth-order valence-corrected chi connectivity index (χ4v) is 4.20. The lowest BCUT2D eigenvalue weighted by Crippen LogP contribution is -2.71. The molecule has 3 heterocycles. The molecule has 2 atom stereocenters. The first-order chi connectivity index (χ1) is 13.4. The van der Waals surface area contributed by atoms with Crippen LogP contribution >= 0.6 is 11.8 Å². The Labute approximate surface area is 162 Å². The number of carbonyl (C=O) groups excluding carboxylic acids is 2. The van der Waals surface area contributed by atoms with Gasteiger partial charge in [-0.25, -0.2) is 4.79 Å². The van der Waals surface area contributed by atoms with Crippen molar-refractivity contribution in [3.8, 4) is 0 Å². The Morgan fingerprint density at radius 2 is 2.29 bits per heavy atom. The van der Waals surface area contributed by atoms with E-state index in [-0.39, 0.29) is 29.7 Å². The van der Waals surface area contributed by atoms with Crippen LogP contribution in [0.25, 0.3) is 0 Å². The molecule has 4 N–H and O–H groups in total. The number of carbonyl (C=O) groups is 3. The summed E-state index contributed by atoms with van der Waals surface area (Å²) < 4.78 is 9.86. The number of carboxylic acid groups (broad SMARTS) is 1. The molecule has 13 heteroatoms. The summed E-state index contributed by atoms with van der Waals surface area (Å²) in [5.74, 6) is -2.16. The molecule has 0 aliphatic carbocycles. The number of nitrogens with zero attached hydrogens (tertiary/aromatic N) is 3. The minimum absolute atomic E-state index is 0.0327. The number of ether oxygens (including phenoxy) is 1. The minimum atomic E-state index is -1.23. The molecule has 0 bridgehead atoms. The topological polar surface area (TPSA) is 170 Å². The second kappa shape index (κ2) is 7.90. The summed E-state index contributed by atoms with van der Waals surface area (Å²) in [7, 11) is 2.68. The smallest absolute Gasteiger partial charge is 0.352 e. The van der Waals surface area contributed by atoms with Gasteiger partial charge in [0.05, 0.1) is 6.61 Å². The summed E-state index contributed by atoms with van der Waals surface area (Å²) in [6.45, 7) is 0.0976. The molecule has 0 unspecified atom stereocenters. The van der Waals surface area contributed by atoms with Crippen LogP contribution in [0, 0.1) is 0 Å². The standard InChI is InChI=1S/C15H17N5O7S/c1-25-3-6-5-28-13-9(12(22)20(13)10(6)14(23)24)18-11(21)8(19-26-2)7-4-27-15(16)17-7/h4,9,13H,3,5H2,1-2H3,(H2,16,17)(H,18,21)(H,23,24)/b19-8-/t9-,13-/m1/s1. The van der Waals surface area contributed by atoms with Gasteiger partial charge in [-0.05, 0) is 5.57 Å². The molecular formula is C15H17N5O7S. The van der Waals surface area contributed by atoms with Crippen LogP contribution in [0.4, 0.5) is 6.01 Å². The monoisotopic (exact) mass is 411 g/mol. The molecule has 2 aliphatic rings. The van der Waals surface area contributed by atoms with Crippen molar-refractivity contribution in [3.05, 3.63) is 23.2 Å². The van der Waals surface area contributed by atoms with E-state index < -0.39 is 29.2 Å². The van der Waals surface area contributed by atoms with Gasteiger partial charge in [0.2, 0.25) is 0 Å². The van der Waals surface area contributed by atoms with Crippen molar-refractivity contribution in [1.29, 1.82) is 0 Å². The first kappa shape index (κ1) is 19.7. The molecule has 0 aromatic carbocycles. The van der Waals surface area contributed by atoms with E-state index in [0.717, 1.165) is 11.2 Å². The number of hydrogen-bond donors (Lipinski definition) is 3. The maximum atomic E-state index is 12.6. The molecule has 1 fully saturated rings. The van der Waals surface area contributed by atoms with E-state index >= 15 is 0 Å². The third-order valence-electron chi connectivity index (χ3n) is 4.02. The van der Waals surface area contributed by atoms with Crippen LogP contribution in [0.15, 0.2) is 27.1 Å². The number of methoxy groups -OCH3 is 1. The molecule has 1 aromatic heterocycles. The summed E-state index contributed by atoms with van der Waals surface area (Å²) in [6, 6.07) is -1.09. The molecule has 28 heavy (non-hydrogen) atoms. The van der Waals surface area contributed by atoms with E-state index in [2.05, 4.69) is 20.3 Å². The van der Waals surface area contributed by atoms with Gasteiger partial charge in [-0.2, -0.15) is 4.98 Å². The fraction of sp³-hybridized carbons (Fsp3) is 0.400. The second-order valence-corrected chi connectivity index (χ2v) is 6.85. The van der Waals surface area contributed by atoms with Gasteiger partial charge in [-0.3, -0.25) is 14.5 Å². The number of amides is 2. The van der Waals surface area contributed by atoms with Crippen LogP contribution in [0.3, 0.4) is 0 Å². The Bertz CT molecular complexity index is 880.